The zero-order valence-corrected chi connectivity index (χ0v) is 15.7. The molecule has 2 aliphatic rings. The van der Waals surface area contributed by atoms with Crippen molar-refractivity contribution in [1.29, 1.82) is 0 Å². The van der Waals surface area contributed by atoms with Gasteiger partial charge in [0.1, 0.15) is 0 Å². The maximum atomic E-state index is 12.6. The summed E-state index contributed by atoms with van der Waals surface area (Å²) in [6.07, 6.45) is 5.84. The average molecular weight is 365 g/mol. The van der Waals surface area contributed by atoms with Crippen LogP contribution in [-0.4, -0.2) is 56.1 Å². The normalized spacial score (nSPS) is 28.7. The molecule has 0 unspecified atom stereocenters. The smallest absolute Gasteiger partial charge is 0.320 e. The van der Waals surface area contributed by atoms with Crippen molar-refractivity contribution in [1.82, 2.24) is 9.80 Å². The maximum absolute atomic E-state index is 12.6. The van der Waals surface area contributed by atoms with Crippen molar-refractivity contribution in [3.8, 4) is 0 Å². The third-order valence-electron chi connectivity index (χ3n) is 5.43. The Morgan fingerprint density at radius 1 is 1.20 bits per heavy atom. The molecule has 0 saturated carbocycles. The molecule has 1 aromatic carbocycles. The molecule has 138 valence electrons. The van der Waals surface area contributed by atoms with Gasteiger partial charge in [0.2, 0.25) is 0 Å². The van der Waals surface area contributed by atoms with Gasteiger partial charge in [0.25, 0.3) is 0 Å². The third kappa shape index (κ3) is 4.02. The van der Waals surface area contributed by atoms with E-state index >= 15 is 0 Å². The van der Waals surface area contributed by atoms with E-state index in [0.29, 0.717) is 24.0 Å². The first-order valence-electron chi connectivity index (χ1n) is 8.88. The van der Waals surface area contributed by atoms with Gasteiger partial charge in [0, 0.05) is 25.1 Å². The van der Waals surface area contributed by atoms with Crippen LogP contribution >= 0.6 is 10.6 Å². The summed E-state index contributed by atoms with van der Waals surface area (Å²) in [5, 5.41) is 0. The zero-order valence-electron chi connectivity index (χ0n) is 14.9. The lowest BCUT2D eigenvalue weighted by Crippen LogP contribution is -2.31. The van der Waals surface area contributed by atoms with Crippen LogP contribution in [0.3, 0.4) is 0 Å². The molecule has 0 aromatic heterocycles. The molecule has 0 bridgehead atoms. The van der Waals surface area contributed by atoms with Crippen molar-refractivity contribution in [2.75, 3.05) is 25.1 Å². The van der Waals surface area contributed by atoms with E-state index < -0.39 is 10.6 Å². The zero-order chi connectivity index (χ0) is 18.0. The predicted molar refractivity (Wildman–Crippen MR) is 103 cm³/mol. The minimum absolute atomic E-state index is 0.0571. The van der Waals surface area contributed by atoms with Gasteiger partial charge in [-0.2, -0.15) is 10.6 Å². The summed E-state index contributed by atoms with van der Waals surface area (Å²) < 4.78 is 19.4. The Balaban J connectivity index is 1.67. The van der Waals surface area contributed by atoms with E-state index in [0.717, 1.165) is 18.4 Å². The molecule has 2 aliphatic heterocycles. The lowest BCUT2D eigenvalue weighted by molar-refractivity contribution is 0.195. The van der Waals surface area contributed by atoms with Gasteiger partial charge in [-0.05, 0) is 31.2 Å². The summed E-state index contributed by atoms with van der Waals surface area (Å²) in [6, 6.07) is 10.4. The number of nitrogens with zero attached hydrogens (tertiary/aromatic N) is 2. The monoisotopic (exact) mass is 364 g/mol. The standard InChI is InChI=1S/C19H28N2O3S/c1-15-18(17-8-4-3-5-9-17)21(19(22)20(15)2)12-6-7-16-10-13-25(23,24)14-11-16/h3-9,15-16,18,23-24H,10-14H2,1-2H3/t15-,18-/m0/s1. The van der Waals surface area contributed by atoms with Crippen LogP contribution in [0.4, 0.5) is 4.79 Å². The molecule has 2 amide bonds. The van der Waals surface area contributed by atoms with Gasteiger partial charge in [-0.15, -0.1) is 0 Å². The second-order valence-corrected chi connectivity index (χ2v) is 9.54. The summed E-state index contributed by atoms with van der Waals surface area (Å²) in [5.74, 6) is 1.37. The Morgan fingerprint density at radius 2 is 1.84 bits per heavy atom. The Morgan fingerprint density at radius 3 is 2.48 bits per heavy atom. The van der Waals surface area contributed by atoms with Crippen LogP contribution in [-0.2, 0) is 0 Å². The molecule has 25 heavy (non-hydrogen) atoms. The molecule has 0 aliphatic carbocycles. The second kappa shape index (κ2) is 7.40. The maximum Gasteiger partial charge on any atom is 0.320 e. The predicted octanol–water partition coefficient (Wildman–Crippen LogP) is 4.20. The quantitative estimate of drug-likeness (QED) is 0.787. The second-order valence-electron chi connectivity index (χ2n) is 7.12. The molecule has 2 saturated heterocycles. The fraction of sp³-hybridized carbons (Fsp3) is 0.526. The van der Waals surface area contributed by atoms with Gasteiger partial charge in [-0.1, -0.05) is 42.5 Å². The lowest BCUT2D eigenvalue weighted by atomic mass is 10.00. The lowest BCUT2D eigenvalue weighted by Gasteiger charge is -2.38. The van der Waals surface area contributed by atoms with Gasteiger partial charge < -0.3 is 9.80 Å². The Hall–Kier alpha value is -1.50. The number of carbonyl (C=O) groups excluding carboxylic acids is 1. The summed E-state index contributed by atoms with van der Waals surface area (Å²) in [6.45, 7) is 2.67. The molecule has 6 heteroatoms. The van der Waals surface area contributed by atoms with Crippen molar-refractivity contribution in [2.24, 2.45) is 5.92 Å². The van der Waals surface area contributed by atoms with Crippen LogP contribution in [0, 0.1) is 5.92 Å². The molecule has 3 rings (SSSR count). The average Bonchev–Trinajstić information content (AvgIpc) is 2.81. The number of hydrogen-bond acceptors (Lipinski definition) is 3. The summed E-state index contributed by atoms with van der Waals surface area (Å²) in [7, 11) is -0.470. The van der Waals surface area contributed by atoms with Crippen LogP contribution in [0.5, 0.6) is 0 Å². The summed E-state index contributed by atoms with van der Waals surface area (Å²) in [5.41, 5.74) is 1.16. The van der Waals surface area contributed by atoms with E-state index in [1.54, 1.807) is 4.90 Å². The topological polar surface area (TPSA) is 64.0 Å². The minimum Gasteiger partial charge on any atom is -0.323 e. The Bertz CT molecular complexity index is 625. The Labute approximate surface area is 151 Å². The highest BCUT2D eigenvalue weighted by Crippen LogP contribution is 2.45. The number of hydrogen-bond donors (Lipinski definition) is 2. The van der Waals surface area contributed by atoms with Gasteiger partial charge >= 0.3 is 6.03 Å². The fourth-order valence-electron chi connectivity index (χ4n) is 3.75. The van der Waals surface area contributed by atoms with Crippen LogP contribution in [0.15, 0.2) is 42.5 Å². The summed E-state index contributed by atoms with van der Waals surface area (Å²) >= 11 is 0. The van der Waals surface area contributed by atoms with Gasteiger partial charge in [-0.3, -0.25) is 9.11 Å². The first kappa shape index (κ1) is 18.3. The first-order chi connectivity index (χ1) is 11.9. The van der Waals surface area contributed by atoms with Crippen molar-refractivity contribution < 1.29 is 13.9 Å². The molecular weight excluding hydrogens is 336 g/mol. The van der Waals surface area contributed by atoms with Crippen molar-refractivity contribution in [3.05, 3.63) is 48.0 Å². The first-order valence-corrected chi connectivity index (χ1v) is 10.8. The van der Waals surface area contributed by atoms with Crippen molar-refractivity contribution in [3.63, 3.8) is 0 Å². The number of likely N-dealkylation sites (N-methyl/N-ethyl adjacent to an activating group) is 1. The molecule has 2 fully saturated rings. The largest absolute Gasteiger partial charge is 0.323 e. The number of carbonyl (C=O) groups is 1. The SMILES string of the molecule is C[C@H]1[C@@H](c2ccccc2)N(CC=CC2CCS(O)(O)CC2)C(=O)N1C. The van der Waals surface area contributed by atoms with E-state index in [1.807, 2.05) is 30.1 Å². The van der Waals surface area contributed by atoms with Gasteiger partial charge in [-0.25, -0.2) is 4.79 Å². The third-order valence-corrected chi connectivity index (χ3v) is 7.21. The van der Waals surface area contributed by atoms with Crippen LogP contribution in [0.1, 0.15) is 31.4 Å². The molecule has 2 atom stereocenters. The molecule has 0 radical (unpaired) electrons. The molecular formula is C19H28N2O3S. The molecule has 1 aromatic rings. The number of rotatable bonds is 4. The molecule has 5 nitrogen and oxygen atoms in total. The highest BCUT2D eigenvalue weighted by molar-refractivity contribution is 8.24. The van der Waals surface area contributed by atoms with E-state index in [9.17, 15) is 13.9 Å². The number of amides is 2. The number of benzene rings is 1. The van der Waals surface area contributed by atoms with Crippen LogP contribution in [0.2, 0.25) is 0 Å². The van der Waals surface area contributed by atoms with Crippen molar-refractivity contribution >= 4 is 16.6 Å². The van der Waals surface area contributed by atoms with Gasteiger partial charge in [0.15, 0.2) is 0 Å². The van der Waals surface area contributed by atoms with E-state index in [4.69, 9.17) is 0 Å². The van der Waals surface area contributed by atoms with Gasteiger partial charge in [0.05, 0.1) is 12.1 Å². The van der Waals surface area contributed by atoms with E-state index in [1.165, 1.54) is 0 Å². The number of allylic oxidation sites excluding steroid dienone is 1. The highest BCUT2D eigenvalue weighted by atomic mass is 32.3. The molecule has 0 spiro atoms. The van der Waals surface area contributed by atoms with Crippen LogP contribution < -0.4 is 0 Å². The fourth-order valence-corrected chi connectivity index (χ4v) is 5.32. The Kier molecular flexibility index (Phi) is 5.41. The molecule has 2 heterocycles. The van der Waals surface area contributed by atoms with E-state index in [-0.39, 0.29) is 18.1 Å². The van der Waals surface area contributed by atoms with Crippen molar-refractivity contribution in [2.45, 2.75) is 31.8 Å². The van der Waals surface area contributed by atoms with Crippen LogP contribution in [0.25, 0.3) is 0 Å². The minimum atomic E-state index is -2.33. The summed E-state index contributed by atoms with van der Waals surface area (Å²) in [4.78, 5) is 16.4. The van der Waals surface area contributed by atoms with E-state index in [2.05, 4.69) is 31.2 Å². The highest BCUT2D eigenvalue weighted by Gasteiger charge is 2.41. The number of urea groups is 1. The molecule has 2 N–H and O–H groups in total.